The second-order valence-electron chi connectivity index (χ2n) is 6.69. The van der Waals surface area contributed by atoms with E-state index in [0.717, 1.165) is 30.4 Å². The molecule has 0 aromatic heterocycles. The van der Waals surface area contributed by atoms with Gasteiger partial charge in [0.15, 0.2) is 6.61 Å². The first-order valence-electron chi connectivity index (χ1n) is 8.47. The van der Waals surface area contributed by atoms with Gasteiger partial charge in [0.1, 0.15) is 0 Å². The van der Waals surface area contributed by atoms with E-state index in [-0.39, 0.29) is 30.9 Å². The van der Waals surface area contributed by atoms with Crippen molar-refractivity contribution in [1.82, 2.24) is 5.32 Å². The summed E-state index contributed by atoms with van der Waals surface area (Å²) in [5.74, 6) is -0.0591. The van der Waals surface area contributed by atoms with Crippen molar-refractivity contribution >= 4 is 11.9 Å². The number of benzene rings is 1. The molecule has 4 heteroatoms. The molecular formula is C19H27NO3. The Morgan fingerprint density at radius 3 is 2.61 bits per heavy atom. The van der Waals surface area contributed by atoms with Crippen LogP contribution in [0, 0.1) is 19.8 Å². The van der Waals surface area contributed by atoms with Gasteiger partial charge < -0.3 is 10.1 Å². The highest BCUT2D eigenvalue weighted by atomic mass is 16.5. The smallest absolute Gasteiger partial charge is 0.310 e. The van der Waals surface area contributed by atoms with Gasteiger partial charge in [0, 0.05) is 6.04 Å². The Morgan fingerprint density at radius 1 is 1.17 bits per heavy atom. The first kappa shape index (κ1) is 17.5. The molecule has 0 bridgehead atoms. The van der Waals surface area contributed by atoms with Crippen molar-refractivity contribution in [2.75, 3.05) is 6.61 Å². The van der Waals surface area contributed by atoms with E-state index in [1.807, 2.05) is 32.0 Å². The summed E-state index contributed by atoms with van der Waals surface area (Å²) in [6.45, 7) is 6.03. The molecule has 0 unspecified atom stereocenters. The molecule has 1 aliphatic rings. The van der Waals surface area contributed by atoms with Crippen LogP contribution in [0.5, 0.6) is 0 Å². The van der Waals surface area contributed by atoms with E-state index in [9.17, 15) is 9.59 Å². The van der Waals surface area contributed by atoms with Crippen molar-refractivity contribution in [1.29, 1.82) is 0 Å². The molecule has 4 nitrogen and oxygen atoms in total. The molecule has 0 saturated heterocycles. The van der Waals surface area contributed by atoms with Gasteiger partial charge in [-0.25, -0.2) is 0 Å². The fraction of sp³-hybridized carbons (Fsp3) is 0.579. The summed E-state index contributed by atoms with van der Waals surface area (Å²) < 4.78 is 5.10. The van der Waals surface area contributed by atoms with Crippen molar-refractivity contribution in [3.63, 3.8) is 0 Å². The van der Waals surface area contributed by atoms with E-state index >= 15 is 0 Å². The van der Waals surface area contributed by atoms with Crippen LogP contribution in [0.4, 0.5) is 0 Å². The van der Waals surface area contributed by atoms with Gasteiger partial charge in [0.05, 0.1) is 6.42 Å². The van der Waals surface area contributed by atoms with Crippen LogP contribution < -0.4 is 5.32 Å². The normalized spacial score (nSPS) is 20.8. The molecule has 1 fully saturated rings. The van der Waals surface area contributed by atoms with E-state index in [1.54, 1.807) is 0 Å². The van der Waals surface area contributed by atoms with Gasteiger partial charge in [-0.05, 0) is 49.3 Å². The van der Waals surface area contributed by atoms with E-state index in [0.29, 0.717) is 5.92 Å². The summed E-state index contributed by atoms with van der Waals surface area (Å²) in [4.78, 5) is 23.8. The summed E-state index contributed by atoms with van der Waals surface area (Å²) in [5, 5.41) is 2.99. The number of ether oxygens (including phenoxy) is 1. The van der Waals surface area contributed by atoms with Crippen LogP contribution in [0.15, 0.2) is 18.2 Å². The first-order chi connectivity index (χ1) is 11.0. The quantitative estimate of drug-likeness (QED) is 0.849. The fourth-order valence-electron chi connectivity index (χ4n) is 3.06. The Kier molecular flexibility index (Phi) is 6.20. The molecule has 1 aromatic carbocycles. The first-order valence-corrected chi connectivity index (χ1v) is 8.47. The summed E-state index contributed by atoms with van der Waals surface area (Å²) >= 11 is 0. The van der Waals surface area contributed by atoms with E-state index in [1.165, 1.54) is 12.0 Å². The minimum atomic E-state index is -0.361. The molecule has 1 aromatic rings. The maximum absolute atomic E-state index is 11.9. The highest BCUT2D eigenvalue weighted by Crippen LogP contribution is 2.23. The van der Waals surface area contributed by atoms with Gasteiger partial charge in [-0.2, -0.15) is 0 Å². The third-order valence-electron chi connectivity index (χ3n) is 4.74. The van der Waals surface area contributed by atoms with Crippen molar-refractivity contribution in [2.24, 2.45) is 5.92 Å². The van der Waals surface area contributed by atoms with Crippen molar-refractivity contribution in [3.05, 3.63) is 34.9 Å². The van der Waals surface area contributed by atoms with Crippen LogP contribution in [0.1, 0.15) is 49.3 Å². The monoisotopic (exact) mass is 317 g/mol. The van der Waals surface area contributed by atoms with E-state index in [2.05, 4.69) is 12.2 Å². The Hall–Kier alpha value is -1.84. The predicted octanol–water partition coefficient (Wildman–Crippen LogP) is 3.08. The number of hydrogen-bond acceptors (Lipinski definition) is 3. The number of aryl methyl sites for hydroxylation is 2. The number of rotatable bonds is 5. The lowest BCUT2D eigenvalue weighted by Gasteiger charge is -2.29. The maximum atomic E-state index is 11.9. The second kappa shape index (κ2) is 8.14. The van der Waals surface area contributed by atoms with Crippen LogP contribution in [-0.4, -0.2) is 24.5 Å². The topological polar surface area (TPSA) is 55.4 Å². The highest BCUT2D eigenvalue weighted by Gasteiger charge is 2.23. The van der Waals surface area contributed by atoms with E-state index in [4.69, 9.17) is 4.74 Å². The molecule has 2 atom stereocenters. The number of carbonyl (C=O) groups is 2. The zero-order valence-corrected chi connectivity index (χ0v) is 14.4. The summed E-state index contributed by atoms with van der Waals surface area (Å²) in [7, 11) is 0. The molecule has 0 aliphatic heterocycles. The van der Waals surface area contributed by atoms with E-state index < -0.39 is 0 Å². The standard InChI is InChI=1S/C19H27NO3/c1-13-8-9-16(10-15(13)3)11-19(22)23-12-18(21)20-17-7-5-4-6-14(17)2/h8-10,14,17H,4-7,11-12H2,1-3H3,(H,20,21)/t14-,17-/m1/s1. The largest absolute Gasteiger partial charge is 0.455 e. The van der Waals surface area contributed by atoms with Crippen LogP contribution in [0.3, 0.4) is 0 Å². The second-order valence-corrected chi connectivity index (χ2v) is 6.69. The average molecular weight is 317 g/mol. The number of amides is 1. The van der Waals surface area contributed by atoms with Gasteiger partial charge in [0.2, 0.25) is 0 Å². The molecule has 1 saturated carbocycles. The molecule has 2 rings (SSSR count). The molecule has 23 heavy (non-hydrogen) atoms. The molecule has 1 N–H and O–H groups in total. The maximum Gasteiger partial charge on any atom is 0.310 e. The lowest BCUT2D eigenvalue weighted by atomic mass is 9.86. The van der Waals surface area contributed by atoms with Gasteiger partial charge in [-0.15, -0.1) is 0 Å². The number of hydrogen-bond donors (Lipinski definition) is 1. The zero-order valence-electron chi connectivity index (χ0n) is 14.4. The molecule has 1 aliphatic carbocycles. The minimum absolute atomic E-state index is 0.188. The third-order valence-corrected chi connectivity index (χ3v) is 4.74. The van der Waals surface area contributed by atoms with Crippen LogP contribution in [0.25, 0.3) is 0 Å². The SMILES string of the molecule is Cc1ccc(CC(=O)OCC(=O)N[C@@H]2CCCC[C@H]2C)cc1C. The molecular weight excluding hydrogens is 290 g/mol. The molecule has 0 spiro atoms. The lowest BCUT2D eigenvalue weighted by Crippen LogP contribution is -2.42. The predicted molar refractivity (Wildman–Crippen MR) is 90.1 cm³/mol. The minimum Gasteiger partial charge on any atom is -0.455 e. The molecule has 1 amide bonds. The lowest BCUT2D eigenvalue weighted by molar-refractivity contribution is -0.148. The fourth-order valence-corrected chi connectivity index (χ4v) is 3.06. The average Bonchev–Trinajstić information content (AvgIpc) is 2.51. The number of esters is 1. The van der Waals surface area contributed by atoms with Crippen LogP contribution >= 0.6 is 0 Å². The van der Waals surface area contributed by atoms with Gasteiger partial charge >= 0.3 is 5.97 Å². The molecule has 0 radical (unpaired) electrons. The Bertz CT molecular complexity index is 568. The number of nitrogens with one attached hydrogen (secondary N) is 1. The van der Waals surface area contributed by atoms with Crippen LogP contribution in [0.2, 0.25) is 0 Å². The van der Waals surface area contributed by atoms with Crippen molar-refractivity contribution in [3.8, 4) is 0 Å². The van der Waals surface area contributed by atoms with Gasteiger partial charge in [-0.1, -0.05) is 38.0 Å². The molecule has 0 heterocycles. The summed E-state index contributed by atoms with van der Waals surface area (Å²) in [6.07, 6.45) is 4.76. The Labute approximate surface area is 138 Å². The Balaban J connectivity index is 1.75. The highest BCUT2D eigenvalue weighted by molar-refractivity contribution is 5.81. The van der Waals surface area contributed by atoms with Gasteiger partial charge in [0.25, 0.3) is 5.91 Å². The summed E-state index contributed by atoms with van der Waals surface area (Å²) in [5.41, 5.74) is 3.27. The molecule has 126 valence electrons. The van der Waals surface area contributed by atoms with Crippen molar-refractivity contribution in [2.45, 2.75) is 58.9 Å². The zero-order chi connectivity index (χ0) is 16.8. The van der Waals surface area contributed by atoms with Gasteiger partial charge in [-0.3, -0.25) is 9.59 Å². The summed E-state index contributed by atoms with van der Waals surface area (Å²) in [6, 6.07) is 6.12. The number of carbonyl (C=O) groups excluding carboxylic acids is 2. The van der Waals surface area contributed by atoms with Crippen LogP contribution in [-0.2, 0) is 20.7 Å². The third kappa shape index (κ3) is 5.38. The Morgan fingerprint density at radius 2 is 1.91 bits per heavy atom. The van der Waals surface area contributed by atoms with Crippen molar-refractivity contribution < 1.29 is 14.3 Å².